The number of nitrogens with one attached hydrogen (secondary N) is 2. The molecule has 2 N–H and O–H groups in total. The first-order chi connectivity index (χ1) is 7.81. The number of rotatable bonds is 3. The van der Waals surface area contributed by atoms with Crippen LogP contribution in [-0.2, 0) is 0 Å². The predicted octanol–water partition coefficient (Wildman–Crippen LogP) is 3.41. The molecule has 0 aliphatic heterocycles. The van der Waals surface area contributed by atoms with Crippen LogP contribution in [0.2, 0.25) is 0 Å². The molecule has 1 aliphatic carbocycles. The minimum absolute atomic E-state index is 0.640. The Morgan fingerprint density at radius 2 is 2.00 bits per heavy atom. The molecule has 0 radical (unpaired) electrons. The first-order valence-corrected chi connectivity index (χ1v) is 6.18. The van der Waals surface area contributed by atoms with Crippen molar-refractivity contribution in [1.29, 1.82) is 0 Å². The molecular weight excluding hydrogens is 266 g/mol. The number of aromatic amines is 1. The number of H-pyrrole nitrogens is 1. The summed E-state index contributed by atoms with van der Waals surface area (Å²) in [6, 6.07) is 10.9. The molecule has 0 atom stereocenters. The van der Waals surface area contributed by atoms with Gasteiger partial charge in [-0.2, -0.15) is 5.10 Å². The minimum Gasteiger partial charge on any atom is -0.366 e. The summed E-state index contributed by atoms with van der Waals surface area (Å²) in [6.45, 7) is 0. The van der Waals surface area contributed by atoms with E-state index in [1.165, 1.54) is 12.8 Å². The van der Waals surface area contributed by atoms with Crippen LogP contribution in [0.5, 0.6) is 0 Å². The third-order valence-electron chi connectivity index (χ3n) is 2.66. The Balaban J connectivity index is 1.82. The molecule has 3 rings (SSSR count). The maximum Gasteiger partial charge on any atom is 0.148 e. The van der Waals surface area contributed by atoms with E-state index in [9.17, 15) is 0 Å². The van der Waals surface area contributed by atoms with Gasteiger partial charge in [-0.05, 0) is 30.5 Å². The molecule has 0 spiro atoms. The SMILES string of the molecule is Brc1ccc(-c2cc(NC3CC3)n[nH]2)cc1. The Bertz CT molecular complexity index is 485. The standard InChI is InChI=1S/C12H12BrN3/c13-9-3-1-8(2-4-9)11-7-12(16-15-11)14-10-5-6-10/h1-4,7,10H,5-6H2,(H2,14,15,16). The summed E-state index contributed by atoms with van der Waals surface area (Å²) in [7, 11) is 0. The highest BCUT2D eigenvalue weighted by atomic mass is 79.9. The van der Waals surface area contributed by atoms with Gasteiger partial charge >= 0.3 is 0 Å². The second-order valence-electron chi connectivity index (χ2n) is 4.09. The van der Waals surface area contributed by atoms with Gasteiger partial charge in [0, 0.05) is 16.6 Å². The zero-order valence-corrected chi connectivity index (χ0v) is 10.3. The lowest BCUT2D eigenvalue weighted by molar-refractivity contribution is 1.05. The van der Waals surface area contributed by atoms with Crippen LogP contribution >= 0.6 is 15.9 Å². The lowest BCUT2D eigenvalue weighted by Crippen LogP contribution is -2.00. The van der Waals surface area contributed by atoms with Crippen molar-refractivity contribution in [2.45, 2.75) is 18.9 Å². The van der Waals surface area contributed by atoms with Gasteiger partial charge in [-0.1, -0.05) is 28.1 Å². The molecule has 1 aromatic carbocycles. The van der Waals surface area contributed by atoms with Gasteiger partial charge in [0.1, 0.15) is 5.82 Å². The number of hydrogen-bond acceptors (Lipinski definition) is 2. The van der Waals surface area contributed by atoms with Crippen molar-refractivity contribution in [2.75, 3.05) is 5.32 Å². The summed E-state index contributed by atoms with van der Waals surface area (Å²) < 4.78 is 1.09. The Morgan fingerprint density at radius 1 is 1.25 bits per heavy atom. The van der Waals surface area contributed by atoms with Crippen LogP contribution in [0.4, 0.5) is 5.82 Å². The van der Waals surface area contributed by atoms with Crippen molar-refractivity contribution < 1.29 is 0 Å². The molecule has 1 aliphatic rings. The molecule has 1 heterocycles. The highest BCUT2D eigenvalue weighted by Gasteiger charge is 2.21. The molecule has 4 heteroatoms. The van der Waals surface area contributed by atoms with Crippen molar-refractivity contribution in [3.63, 3.8) is 0 Å². The third kappa shape index (κ3) is 2.11. The zero-order chi connectivity index (χ0) is 11.0. The predicted molar refractivity (Wildman–Crippen MR) is 68.4 cm³/mol. The van der Waals surface area contributed by atoms with Crippen molar-refractivity contribution in [3.05, 3.63) is 34.8 Å². The summed E-state index contributed by atoms with van der Waals surface area (Å²) in [5.74, 6) is 0.945. The van der Waals surface area contributed by atoms with Gasteiger partial charge in [0.25, 0.3) is 0 Å². The molecule has 16 heavy (non-hydrogen) atoms. The fourth-order valence-corrected chi connectivity index (χ4v) is 1.87. The van der Waals surface area contributed by atoms with E-state index >= 15 is 0 Å². The molecule has 1 saturated carbocycles. The largest absolute Gasteiger partial charge is 0.366 e. The molecular formula is C12H12BrN3. The average molecular weight is 278 g/mol. The number of nitrogens with zero attached hydrogens (tertiary/aromatic N) is 1. The van der Waals surface area contributed by atoms with E-state index in [0.717, 1.165) is 21.5 Å². The second kappa shape index (κ2) is 3.94. The van der Waals surface area contributed by atoms with Crippen LogP contribution < -0.4 is 5.32 Å². The van der Waals surface area contributed by atoms with Crippen LogP contribution in [-0.4, -0.2) is 16.2 Å². The number of hydrogen-bond donors (Lipinski definition) is 2. The van der Waals surface area contributed by atoms with Crippen molar-refractivity contribution in [1.82, 2.24) is 10.2 Å². The van der Waals surface area contributed by atoms with E-state index in [0.29, 0.717) is 6.04 Å². The van der Waals surface area contributed by atoms with E-state index in [1.807, 2.05) is 12.1 Å². The molecule has 0 bridgehead atoms. The second-order valence-corrected chi connectivity index (χ2v) is 5.01. The van der Waals surface area contributed by atoms with Gasteiger partial charge in [0.2, 0.25) is 0 Å². The molecule has 1 aromatic heterocycles. The molecule has 1 fully saturated rings. The van der Waals surface area contributed by atoms with Crippen LogP contribution in [0.1, 0.15) is 12.8 Å². The van der Waals surface area contributed by atoms with Crippen LogP contribution in [0.3, 0.4) is 0 Å². The van der Waals surface area contributed by atoms with E-state index in [4.69, 9.17) is 0 Å². The summed E-state index contributed by atoms with van der Waals surface area (Å²) in [5, 5.41) is 10.7. The maximum absolute atomic E-state index is 4.25. The molecule has 3 nitrogen and oxygen atoms in total. The average Bonchev–Trinajstić information content (AvgIpc) is 2.97. The Morgan fingerprint density at radius 3 is 2.69 bits per heavy atom. The first-order valence-electron chi connectivity index (χ1n) is 5.39. The normalized spacial score (nSPS) is 15.1. The minimum atomic E-state index is 0.640. The number of aromatic nitrogens is 2. The number of benzene rings is 1. The van der Waals surface area contributed by atoms with E-state index in [1.54, 1.807) is 0 Å². The monoisotopic (exact) mass is 277 g/mol. The smallest absolute Gasteiger partial charge is 0.148 e. The molecule has 0 amide bonds. The Hall–Kier alpha value is -1.29. The van der Waals surface area contributed by atoms with Gasteiger partial charge in [0.15, 0.2) is 0 Å². The molecule has 0 unspecified atom stereocenters. The summed E-state index contributed by atoms with van der Waals surface area (Å²) in [4.78, 5) is 0. The number of anilines is 1. The van der Waals surface area contributed by atoms with Gasteiger partial charge in [-0.25, -0.2) is 0 Å². The lowest BCUT2D eigenvalue weighted by atomic mass is 10.1. The molecule has 2 aromatic rings. The maximum atomic E-state index is 4.25. The van der Waals surface area contributed by atoms with Crippen LogP contribution in [0.25, 0.3) is 11.3 Å². The summed E-state index contributed by atoms with van der Waals surface area (Å²) in [5.41, 5.74) is 2.20. The van der Waals surface area contributed by atoms with E-state index < -0.39 is 0 Å². The lowest BCUT2D eigenvalue weighted by Gasteiger charge is -1.97. The van der Waals surface area contributed by atoms with Crippen molar-refractivity contribution >= 4 is 21.7 Å². The summed E-state index contributed by atoms with van der Waals surface area (Å²) in [6.07, 6.45) is 2.53. The third-order valence-corrected chi connectivity index (χ3v) is 3.19. The summed E-state index contributed by atoms with van der Waals surface area (Å²) >= 11 is 3.43. The zero-order valence-electron chi connectivity index (χ0n) is 8.70. The topological polar surface area (TPSA) is 40.7 Å². The van der Waals surface area contributed by atoms with Crippen LogP contribution in [0, 0.1) is 0 Å². The first kappa shape index (κ1) is 9.90. The molecule has 82 valence electrons. The Kier molecular flexibility index (Phi) is 2.44. The van der Waals surface area contributed by atoms with Crippen molar-refractivity contribution in [2.24, 2.45) is 0 Å². The van der Waals surface area contributed by atoms with E-state index in [2.05, 4.69) is 49.6 Å². The van der Waals surface area contributed by atoms with Gasteiger partial charge in [-0.15, -0.1) is 0 Å². The fraction of sp³-hybridized carbons (Fsp3) is 0.250. The highest BCUT2D eigenvalue weighted by molar-refractivity contribution is 9.10. The van der Waals surface area contributed by atoms with Gasteiger partial charge in [0.05, 0.1) is 5.69 Å². The van der Waals surface area contributed by atoms with Crippen molar-refractivity contribution in [3.8, 4) is 11.3 Å². The number of halogens is 1. The quantitative estimate of drug-likeness (QED) is 0.903. The van der Waals surface area contributed by atoms with Gasteiger partial charge < -0.3 is 5.32 Å². The molecule has 0 saturated heterocycles. The fourth-order valence-electron chi connectivity index (χ4n) is 1.61. The van der Waals surface area contributed by atoms with Gasteiger partial charge in [-0.3, -0.25) is 5.10 Å². The highest BCUT2D eigenvalue weighted by Crippen LogP contribution is 2.26. The Labute approximate surface area is 102 Å². The van der Waals surface area contributed by atoms with E-state index in [-0.39, 0.29) is 0 Å². The van der Waals surface area contributed by atoms with Crippen LogP contribution in [0.15, 0.2) is 34.8 Å².